The average molecular weight is 317 g/mol. The van der Waals surface area contributed by atoms with Crippen molar-refractivity contribution in [3.8, 4) is 0 Å². The number of hydrogen-bond donors (Lipinski definition) is 2. The Bertz CT molecular complexity index is 278. The van der Waals surface area contributed by atoms with E-state index in [-0.39, 0.29) is 12.4 Å². The topological polar surface area (TPSA) is 33.3 Å². The molecule has 1 heterocycles. The molecule has 0 radical (unpaired) electrons. The van der Waals surface area contributed by atoms with Crippen molar-refractivity contribution < 1.29 is 4.74 Å². The lowest BCUT2D eigenvalue weighted by Gasteiger charge is -2.33. The van der Waals surface area contributed by atoms with E-state index in [1.165, 1.54) is 64.3 Å². The minimum Gasteiger partial charge on any atom is -0.379 e. The molecular weight excluding hydrogens is 284 g/mol. The van der Waals surface area contributed by atoms with Crippen LogP contribution in [0.4, 0.5) is 0 Å². The van der Waals surface area contributed by atoms with E-state index in [9.17, 15) is 0 Å². The van der Waals surface area contributed by atoms with Gasteiger partial charge in [-0.2, -0.15) is 0 Å². The predicted octanol–water partition coefficient (Wildman–Crippen LogP) is 3.13. The van der Waals surface area contributed by atoms with Gasteiger partial charge in [0, 0.05) is 18.6 Å². The van der Waals surface area contributed by atoms with Crippen LogP contribution in [0.3, 0.4) is 0 Å². The van der Waals surface area contributed by atoms with Gasteiger partial charge < -0.3 is 15.4 Å². The molecule has 21 heavy (non-hydrogen) atoms. The quantitative estimate of drug-likeness (QED) is 0.817. The summed E-state index contributed by atoms with van der Waals surface area (Å²) < 4.78 is 5.65. The van der Waals surface area contributed by atoms with Gasteiger partial charge in [0.2, 0.25) is 0 Å². The van der Waals surface area contributed by atoms with Gasteiger partial charge in [0.1, 0.15) is 0 Å². The first-order valence-electron chi connectivity index (χ1n) is 8.98. The Morgan fingerprint density at radius 1 is 1.00 bits per heavy atom. The van der Waals surface area contributed by atoms with Crippen molar-refractivity contribution in [2.24, 2.45) is 11.8 Å². The Balaban J connectivity index is 0.00000161. The van der Waals surface area contributed by atoms with Crippen molar-refractivity contribution in [1.29, 1.82) is 0 Å². The van der Waals surface area contributed by atoms with Gasteiger partial charge in [0.05, 0.1) is 13.2 Å². The highest BCUT2D eigenvalue weighted by atomic mass is 35.5. The van der Waals surface area contributed by atoms with Crippen molar-refractivity contribution in [3.05, 3.63) is 0 Å². The highest BCUT2D eigenvalue weighted by molar-refractivity contribution is 5.85. The normalized spacial score (nSPS) is 34.6. The summed E-state index contributed by atoms with van der Waals surface area (Å²) in [5.74, 6) is 1.80. The molecule has 2 N–H and O–H groups in total. The maximum atomic E-state index is 5.65. The summed E-state index contributed by atoms with van der Waals surface area (Å²) in [5.41, 5.74) is 0. The lowest BCUT2D eigenvalue weighted by Crippen LogP contribution is -2.51. The van der Waals surface area contributed by atoms with Crippen LogP contribution in [0.5, 0.6) is 0 Å². The van der Waals surface area contributed by atoms with Crippen LogP contribution in [-0.4, -0.2) is 38.4 Å². The van der Waals surface area contributed by atoms with Gasteiger partial charge in [-0.3, -0.25) is 0 Å². The molecule has 3 nitrogen and oxygen atoms in total. The fourth-order valence-corrected chi connectivity index (χ4v) is 4.53. The first-order valence-corrected chi connectivity index (χ1v) is 8.98. The van der Waals surface area contributed by atoms with Gasteiger partial charge in [-0.15, -0.1) is 12.4 Å². The van der Waals surface area contributed by atoms with Crippen LogP contribution in [0, 0.1) is 11.8 Å². The molecule has 3 aliphatic rings. The monoisotopic (exact) mass is 316 g/mol. The highest BCUT2D eigenvalue weighted by Gasteiger charge is 2.34. The molecule has 1 saturated heterocycles. The third-order valence-corrected chi connectivity index (χ3v) is 5.72. The molecule has 3 unspecified atom stereocenters. The van der Waals surface area contributed by atoms with E-state index in [1.807, 2.05) is 0 Å². The van der Waals surface area contributed by atoms with Crippen molar-refractivity contribution in [1.82, 2.24) is 10.6 Å². The molecule has 0 bridgehead atoms. The van der Waals surface area contributed by atoms with Crippen LogP contribution in [0.1, 0.15) is 57.8 Å². The van der Waals surface area contributed by atoms with Crippen LogP contribution in [0.15, 0.2) is 0 Å². The second kappa shape index (κ2) is 9.34. The smallest absolute Gasteiger partial charge is 0.0623 e. The fraction of sp³-hybridized carbons (Fsp3) is 1.00. The van der Waals surface area contributed by atoms with E-state index in [2.05, 4.69) is 10.6 Å². The molecule has 124 valence electrons. The molecule has 0 aromatic carbocycles. The molecule has 2 saturated carbocycles. The molecule has 0 spiro atoms. The zero-order valence-corrected chi connectivity index (χ0v) is 14.1. The standard InChI is InChI=1S/C17H32N2O.ClH/c1-2-5-14(6-3-1)9-10-18-16-8-4-7-15(16)17-13-20-12-11-19-17;/h14-19H,1-13H2;1H. The molecule has 3 atom stereocenters. The van der Waals surface area contributed by atoms with Crippen LogP contribution < -0.4 is 10.6 Å². The first kappa shape index (κ1) is 17.5. The molecule has 0 aromatic heterocycles. The number of hydrogen-bond acceptors (Lipinski definition) is 3. The molecule has 1 aliphatic heterocycles. The Hall–Kier alpha value is 0.170. The van der Waals surface area contributed by atoms with Crippen LogP contribution in [0.25, 0.3) is 0 Å². The van der Waals surface area contributed by atoms with Crippen LogP contribution in [0.2, 0.25) is 0 Å². The first-order chi connectivity index (χ1) is 9.93. The van der Waals surface area contributed by atoms with Crippen molar-refractivity contribution in [2.45, 2.75) is 69.9 Å². The minimum absolute atomic E-state index is 0. The number of ether oxygens (including phenoxy) is 1. The van der Waals surface area contributed by atoms with Crippen molar-refractivity contribution in [2.75, 3.05) is 26.3 Å². The van der Waals surface area contributed by atoms with E-state index >= 15 is 0 Å². The van der Waals surface area contributed by atoms with E-state index in [1.54, 1.807) is 0 Å². The Morgan fingerprint density at radius 3 is 2.62 bits per heavy atom. The third kappa shape index (κ3) is 5.09. The van der Waals surface area contributed by atoms with Crippen LogP contribution >= 0.6 is 12.4 Å². The lowest BCUT2D eigenvalue weighted by atomic mass is 9.87. The maximum absolute atomic E-state index is 5.65. The van der Waals surface area contributed by atoms with Gasteiger partial charge in [-0.05, 0) is 37.6 Å². The average Bonchev–Trinajstić information content (AvgIpc) is 2.98. The molecule has 4 heteroatoms. The largest absolute Gasteiger partial charge is 0.379 e. The van der Waals surface area contributed by atoms with Gasteiger partial charge in [0.15, 0.2) is 0 Å². The zero-order valence-electron chi connectivity index (χ0n) is 13.3. The molecule has 0 amide bonds. The van der Waals surface area contributed by atoms with E-state index in [4.69, 9.17) is 4.74 Å². The second-order valence-corrected chi connectivity index (χ2v) is 7.08. The maximum Gasteiger partial charge on any atom is 0.0623 e. The molecule has 3 fully saturated rings. The third-order valence-electron chi connectivity index (χ3n) is 5.72. The fourth-order valence-electron chi connectivity index (χ4n) is 4.53. The minimum atomic E-state index is 0. The van der Waals surface area contributed by atoms with Crippen molar-refractivity contribution in [3.63, 3.8) is 0 Å². The Kier molecular flexibility index (Phi) is 7.79. The summed E-state index contributed by atoms with van der Waals surface area (Å²) in [6.45, 7) is 4.09. The van der Waals surface area contributed by atoms with Gasteiger partial charge in [0.25, 0.3) is 0 Å². The molecule has 0 aromatic rings. The Labute approximate surface area is 136 Å². The lowest BCUT2D eigenvalue weighted by molar-refractivity contribution is 0.0524. The SMILES string of the molecule is C1CCC(CCNC2CCCC2C2COCCN2)CC1.Cl. The van der Waals surface area contributed by atoms with Gasteiger partial charge >= 0.3 is 0 Å². The molecule has 3 rings (SSSR count). The molecule has 2 aliphatic carbocycles. The zero-order chi connectivity index (χ0) is 13.6. The van der Waals surface area contributed by atoms with E-state index in [0.29, 0.717) is 6.04 Å². The summed E-state index contributed by atoms with van der Waals surface area (Å²) in [5, 5.41) is 7.55. The number of nitrogens with one attached hydrogen (secondary N) is 2. The van der Waals surface area contributed by atoms with Crippen molar-refractivity contribution >= 4 is 12.4 Å². The van der Waals surface area contributed by atoms with Gasteiger partial charge in [-0.25, -0.2) is 0 Å². The number of halogens is 1. The predicted molar refractivity (Wildman–Crippen MR) is 90.2 cm³/mol. The van der Waals surface area contributed by atoms with Crippen LogP contribution in [-0.2, 0) is 4.74 Å². The summed E-state index contributed by atoms with van der Waals surface area (Å²) in [7, 11) is 0. The second-order valence-electron chi connectivity index (χ2n) is 7.08. The Morgan fingerprint density at radius 2 is 1.86 bits per heavy atom. The summed E-state index contributed by atoms with van der Waals surface area (Å²) >= 11 is 0. The van der Waals surface area contributed by atoms with E-state index < -0.39 is 0 Å². The summed E-state index contributed by atoms with van der Waals surface area (Å²) in [6, 6.07) is 1.33. The summed E-state index contributed by atoms with van der Waals surface area (Å²) in [6.07, 6.45) is 12.9. The van der Waals surface area contributed by atoms with Gasteiger partial charge in [-0.1, -0.05) is 38.5 Å². The number of rotatable bonds is 5. The number of morpholine rings is 1. The van der Waals surface area contributed by atoms with E-state index in [0.717, 1.165) is 37.6 Å². The summed E-state index contributed by atoms with van der Waals surface area (Å²) in [4.78, 5) is 0. The molecular formula is C17H33ClN2O. The highest BCUT2D eigenvalue weighted by Crippen LogP contribution is 2.30.